The SMILES string of the molecule is Cc1ccc(S(=O)(=O)Nc2cc(Cl)ccc2C(=O)Nc2nc(-c3ccc(Br)cc3)cs2)cc1. The van der Waals surface area contributed by atoms with Crippen LogP contribution in [0.4, 0.5) is 10.8 Å². The number of nitrogens with one attached hydrogen (secondary N) is 2. The highest BCUT2D eigenvalue weighted by Crippen LogP contribution is 2.28. The molecule has 1 aromatic heterocycles. The molecule has 0 spiro atoms. The van der Waals surface area contributed by atoms with E-state index in [1.165, 1.54) is 41.7 Å². The zero-order valence-electron chi connectivity index (χ0n) is 17.2. The van der Waals surface area contributed by atoms with Crippen molar-refractivity contribution in [3.8, 4) is 11.3 Å². The number of benzene rings is 3. The lowest BCUT2D eigenvalue weighted by Crippen LogP contribution is -2.18. The summed E-state index contributed by atoms with van der Waals surface area (Å²) >= 11 is 10.8. The summed E-state index contributed by atoms with van der Waals surface area (Å²) < 4.78 is 29.1. The van der Waals surface area contributed by atoms with Crippen molar-refractivity contribution in [1.82, 2.24) is 4.98 Å². The first-order valence-corrected chi connectivity index (χ1v) is 13.2. The van der Waals surface area contributed by atoms with E-state index in [4.69, 9.17) is 11.6 Å². The summed E-state index contributed by atoms with van der Waals surface area (Å²) in [5.74, 6) is -0.509. The van der Waals surface area contributed by atoms with Gasteiger partial charge in [0.1, 0.15) is 0 Å². The van der Waals surface area contributed by atoms with E-state index in [9.17, 15) is 13.2 Å². The molecule has 6 nitrogen and oxygen atoms in total. The third-order valence-corrected chi connectivity index (χ3v) is 7.57. The Bertz CT molecular complexity index is 1420. The fraction of sp³-hybridized carbons (Fsp3) is 0.0435. The molecule has 0 bridgehead atoms. The maximum atomic E-state index is 13.0. The van der Waals surface area contributed by atoms with Crippen LogP contribution in [-0.4, -0.2) is 19.3 Å². The van der Waals surface area contributed by atoms with Crippen LogP contribution in [0.25, 0.3) is 11.3 Å². The second-order valence-electron chi connectivity index (χ2n) is 7.11. The maximum Gasteiger partial charge on any atom is 0.261 e. The Balaban J connectivity index is 1.58. The molecular formula is C23H17BrClN3O3S2. The van der Waals surface area contributed by atoms with Gasteiger partial charge in [-0.3, -0.25) is 14.8 Å². The summed E-state index contributed by atoms with van der Waals surface area (Å²) in [5.41, 5.74) is 2.76. The minimum absolute atomic E-state index is 0.0743. The number of carbonyl (C=O) groups is 1. The largest absolute Gasteiger partial charge is 0.298 e. The van der Waals surface area contributed by atoms with E-state index in [2.05, 4.69) is 31.0 Å². The van der Waals surface area contributed by atoms with Crippen LogP contribution in [0.15, 0.2) is 81.5 Å². The summed E-state index contributed by atoms with van der Waals surface area (Å²) in [5, 5.41) is 5.25. The van der Waals surface area contributed by atoms with Crippen LogP contribution in [0.3, 0.4) is 0 Å². The lowest BCUT2D eigenvalue weighted by atomic mass is 10.1. The van der Waals surface area contributed by atoms with Gasteiger partial charge in [-0.25, -0.2) is 13.4 Å². The minimum atomic E-state index is -3.92. The van der Waals surface area contributed by atoms with Crippen LogP contribution >= 0.6 is 38.9 Å². The van der Waals surface area contributed by atoms with Gasteiger partial charge in [-0.2, -0.15) is 0 Å². The van der Waals surface area contributed by atoms with Crippen molar-refractivity contribution < 1.29 is 13.2 Å². The van der Waals surface area contributed by atoms with Gasteiger partial charge >= 0.3 is 0 Å². The van der Waals surface area contributed by atoms with E-state index >= 15 is 0 Å². The highest BCUT2D eigenvalue weighted by atomic mass is 79.9. The molecule has 0 unspecified atom stereocenters. The second-order valence-corrected chi connectivity index (χ2v) is 11.0. The van der Waals surface area contributed by atoms with Gasteiger partial charge in [0.25, 0.3) is 15.9 Å². The lowest BCUT2D eigenvalue weighted by Gasteiger charge is -2.13. The molecule has 0 aliphatic rings. The minimum Gasteiger partial charge on any atom is -0.298 e. The number of thiazole rings is 1. The number of hydrogen-bond donors (Lipinski definition) is 2. The first-order chi connectivity index (χ1) is 15.7. The zero-order valence-corrected chi connectivity index (χ0v) is 21.1. The molecule has 3 aromatic carbocycles. The smallest absolute Gasteiger partial charge is 0.261 e. The summed E-state index contributed by atoms with van der Waals surface area (Å²) in [6, 6.07) is 18.4. The third kappa shape index (κ3) is 5.62. The van der Waals surface area contributed by atoms with E-state index in [1.54, 1.807) is 12.1 Å². The molecule has 0 aliphatic heterocycles. The Morgan fingerprint density at radius 2 is 1.73 bits per heavy atom. The van der Waals surface area contributed by atoms with Gasteiger partial charge in [0.05, 0.1) is 21.8 Å². The lowest BCUT2D eigenvalue weighted by molar-refractivity contribution is 0.102. The van der Waals surface area contributed by atoms with Gasteiger partial charge in [-0.15, -0.1) is 11.3 Å². The number of carbonyl (C=O) groups excluding carboxylic acids is 1. The monoisotopic (exact) mass is 561 g/mol. The number of aromatic nitrogens is 1. The van der Waals surface area contributed by atoms with Gasteiger partial charge in [-0.1, -0.05) is 57.4 Å². The van der Waals surface area contributed by atoms with Gasteiger partial charge in [0.15, 0.2) is 5.13 Å². The Morgan fingerprint density at radius 1 is 1.03 bits per heavy atom. The average molecular weight is 563 g/mol. The highest BCUT2D eigenvalue weighted by molar-refractivity contribution is 9.10. The molecular weight excluding hydrogens is 546 g/mol. The molecule has 0 aliphatic carbocycles. The fourth-order valence-corrected chi connectivity index (χ4v) is 5.19. The first kappa shape index (κ1) is 23.4. The van der Waals surface area contributed by atoms with Crippen molar-refractivity contribution in [2.75, 3.05) is 10.0 Å². The van der Waals surface area contributed by atoms with Gasteiger partial charge in [-0.05, 0) is 49.4 Å². The maximum absolute atomic E-state index is 13.0. The molecule has 10 heteroatoms. The topological polar surface area (TPSA) is 88.2 Å². The number of amides is 1. The predicted molar refractivity (Wildman–Crippen MR) is 137 cm³/mol. The molecule has 0 saturated heterocycles. The van der Waals surface area contributed by atoms with Crippen molar-refractivity contribution in [2.45, 2.75) is 11.8 Å². The van der Waals surface area contributed by atoms with Crippen molar-refractivity contribution in [2.24, 2.45) is 0 Å². The average Bonchev–Trinajstić information content (AvgIpc) is 3.22. The van der Waals surface area contributed by atoms with Gasteiger partial charge in [0.2, 0.25) is 0 Å². The quantitative estimate of drug-likeness (QED) is 0.278. The molecule has 1 amide bonds. The van der Waals surface area contributed by atoms with E-state index in [0.29, 0.717) is 10.2 Å². The Kier molecular flexibility index (Phi) is 6.85. The van der Waals surface area contributed by atoms with Gasteiger partial charge < -0.3 is 0 Å². The summed E-state index contributed by atoms with van der Waals surface area (Å²) in [6.07, 6.45) is 0. The molecule has 0 atom stereocenters. The van der Waals surface area contributed by atoms with Crippen LogP contribution in [0.5, 0.6) is 0 Å². The van der Waals surface area contributed by atoms with Crippen LogP contribution in [0, 0.1) is 6.92 Å². The Labute approximate surface area is 208 Å². The number of nitrogens with zero attached hydrogens (tertiary/aromatic N) is 1. The third-order valence-electron chi connectivity index (χ3n) is 4.67. The predicted octanol–water partition coefficient (Wildman–Crippen LogP) is 6.59. The molecule has 0 fully saturated rings. The van der Waals surface area contributed by atoms with Crippen molar-refractivity contribution in [3.05, 3.63) is 92.7 Å². The molecule has 0 radical (unpaired) electrons. The number of anilines is 2. The molecule has 168 valence electrons. The summed E-state index contributed by atoms with van der Waals surface area (Å²) in [4.78, 5) is 17.5. The normalized spacial score (nSPS) is 11.2. The number of halogens is 2. The molecule has 0 saturated carbocycles. The van der Waals surface area contributed by atoms with E-state index in [-0.39, 0.29) is 16.1 Å². The zero-order chi connectivity index (χ0) is 23.6. The van der Waals surface area contributed by atoms with Crippen LogP contribution in [-0.2, 0) is 10.0 Å². The number of hydrogen-bond acceptors (Lipinski definition) is 5. The van der Waals surface area contributed by atoms with E-state index in [0.717, 1.165) is 21.3 Å². The number of aryl methyl sites for hydroxylation is 1. The molecule has 1 heterocycles. The number of sulfonamides is 1. The molecule has 2 N–H and O–H groups in total. The first-order valence-electron chi connectivity index (χ1n) is 9.63. The van der Waals surface area contributed by atoms with Crippen LogP contribution in [0.2, 0.25) is 5.02 Å². The summed E-state index contributed by atoms with van der Waals surface area (Å²) in [7, 11) is -3.92. The van der Waals surface area contributed by atoms with Crippen molar-refractivity contribution >= 4 is 65.6 Å². The standard InChI is InChI=1S/C23H17BrClN3O3S2/c1-14-2-9-18(10-3-14)33(30,31)28-20-12-17(25)8-11-19(20)22(29)27-23-26-21(13-32-23)15-4-6-16(24)7-5-15/h2-13,28H,1H3,(H,26,27,29). The molecule has 33 heavy (non-hydrogen) atoms. The fourth-order valence-electron chi connectivity index (χ4n) is 2.97. The van der Waals surface area contributed by atoms with Gasteiger partial charge in [0, 0.05) is 20.4 Å². The van der Waals surface area contributed by atoms with Crippen molar-refractivity contribution in [1.29, 1.82) is 0 Å². The Hall–Kier alpha value is -2.72. The van der Waals surface area contributed by atoms with E-state index in [1.807, 2.05) is 36.6 Å². The van der Waals surface area contributed by atoms with E-state index < -0.39 is 15.9 Å². The summed E-state index contributed by atoms with van der Waals surface area (Å²) in [6.45, 7) is 1.87. The molecule has 4 rings (SSSR count). The number of rotatable bonds is 6. The molecule has 4 aromatic rings. The van der Waals surface area contributed by atoms with Crippen LogP contribution in [0.1, 0.15) is 15.9 Å². The highest BCUT2D eigenvalue weighted by Gasteiger charge is 2.20. The van der Waals surface area contributed by atoms with Crippen molar-refractivity contribution in [3.63, 3.8) is 0 Å². The Morgan fingerprint density at radius 3 is 2.42 bits per heavy atom. The van der Waals surface area contributed by atoms with Crippen LogP contribution < -0.4 is 10.0 Å². The second kappa shape index (κ2) is 9.64.